The lowest BCUT2D eigenvalue weighted by Gasteiger charge is -2.15. The van der Waals surface area contributed by atoms with E-state index in [9.17, 15) is 20.2 Å². The molecule has 1 atom stereocenters. The molecule has 0 fully saturated rings. The Bertz CT molecular complexity index is 1330. The Balaban J connectivity index is 1.50. The highest BCUT2D eigenvalue weighted by atomic mass is 32.2. The number of hydrogen-bond donors (Lipinski definition) is 0. The van der Waals surface area contributed by atoms with Gasteiger partial charge in [0.25, 0.3) is 5.69 Å². The largest absolute Gasteiger partial charge is 0.489 e. The van der Waals surface area contributed by atoms with E-state index in [1.165, 1.54) is 23.9 Å². The Hall–Kier alpha value is -4.25. The highest BCUT2D eigenvalue weighted by molar-refractivity contribution is 7.99. The van der Waals surface area contributed by atoms with Crippen LogP contribution in [0.1, 0.15) is 22.2 Å². The number of thioether (sulfide) groups is 1. The summed E-state index contributed by atoms with van der Waals surface area (Å²) in [6.07, 6.45) is 0. The summed E-state index contributed by atoms with van der Waals surface area (Å²) >= 11 is 1.28. The van der Waals surface area contributed by atoms with Crippen LogP contribution in [0.5, 0.6) is 5.75 Å². The minimum absolute atomic E-state index is 0.000292. The standard InChI is InChI=1S/C24H21N5O5S/c1-17-25-26-24(28(17)20-7-3-2-4-8-20)35-23(15-27(30)31)19-10-12-22(13-11-19)34-16-18-6-5-9-21(14-18)29(32)33/h2-14,23H,15-16H2,1H3/t23-/m0/s1. The molecule has 0 N–H and O–H groups in total. The smallest absolute Gasteiger partial charge is 0.269 e. The molecular formula is C24H21N5O5S. The van der Waals surface area contributed by atoms with Gasteiger partial charge in [0.05, 0.1) is 4.92 Å². The van der Waals surface area contributed by atoms with E-state index in [0.717, 1.165) is 11.3 Å². The van der Waals surface area contributed by atoms with Gasteiger partial charge in [0.2, 0.25) is 6.54 Å². The molecule has 3 aromatic carbocycles. The van der Waals surface area contributed by atoms with Crippen molar-refractivity contribution in [1.29, 1.82) is 0 Å². The lowest BCUT2D eigenvalue weighted by molar-refractivity contribution is -0.479. The molecular weight excluding hydrogens is 470 g/mol. The van der Waals surface area contributed by atoms with E-state index in [4.69, 9.17) is 4.74 Å². The van der Waals surface area contributed by atoms with Crippen molar-refractivity contribution < 1.29 is 14.6 Å². The minimum Gasteiger partial charge on any atom is -0.489 e. The summed E-state index contributed by atoms with van der Waals surface area (Å²) in [7, 11) is 0. The number of aryl methyl sites for hydroxylation is 1. The normalized spacial score (nSPS) is 11.7. The van der Waals surface area contributed by atoms with Crippen molar-refractivity contribution in [2.45, 2.75) is 23.9 Å². The fraction of sp³-hybridized carbons (Fsp3) is 0.167. The minimum atomic E-state index is -0.498. The van der Waals surface area contributed by atoms with Crippen molar-refractivity contribution >= 4 is 17.4 Å². The lowest BCUT2D eigenvalue weighted by atomic mass is 10.1. The number of benzene rings is 3. The van der Waals surface area contributed by atoms with E-state index in [1.54, 1.807) is 36.4 Å². The van der Waals surface area contributed by atoms with E-state index in [2.05, 4.69) is 10.2 Å². The quantitative estimate of drug-likeness (QED) is 0.169. The number of non-ortho nitro benzene ring substituents is 1. The zero-order chi connectivity index (χ0) is 24.8. The second-order valence-electron chi connectivity index (χ2n) is 7.61. The van der Waals surface area contributed by atoms with Crippen LogP contribution in [0, 0.1) is 27.2 Å². The van der Waals surface area contributed by atoms with Crippen LogP contribution in [0.4, 0.5) is 5.69 Å². The van der Waals surface area contributed by atoms with Crippen molar-refractivity contribution in [2.24, 2.45) is 0 Å². The molecule has 11 heteroatoms. The molecule has 0 amide bonds. The van der Waals surface area contributed by atoms with Gasteiger partial charge in [-0.15, -0.1) is 10.2 Å². The van der Waals surface area contributed by atoms with Gasteiger partial charge in [-0.05, 0) is 42.3 Å². The van der Waals surface area contributed by atoms with E-state index in [0.29, 0.717) is 22.3 Å². The van der Waals surface area contributed by atoms with Crippen molar-refractivity contribution in [3.63, 3.8) is 0 Å². The maximum Gasteiger partial charge on any atom is 0.269 e. The zero-order valence-electron chi connectivity index (χ0n) is 18.7. The summed E-state index contributed by atoms with van der Waals surface area (Å²) in [6, 6.07) is 22.8. The molecule has 0 bridgehead atoms. The third kappa shape index (κ3) is 6.01. The van der Waals surface area contributed by atoms with Crippen LogP contribution in [0.2, 0.25) is 0 Å². The van der Waals surface area contributed by atoms with E-state index >= 15 is 0 Å². The molecule has 0 unspecified atom stereocenters. The molecule has 0 saturated heterocycles. The van der Waals surface area contributed by atoms with Crippen molar-refractivity contribution in [3.05, 3.63) is 116 Å². The fourth-order valence-corrected chi connectivity index (χ4v) is 4.65. The number of hydrogen-bond acceptors (Lipinski definition) is 8. The molecule has 0 aliphatic rings. The Morgan fingerprint density at radius 1 is 0.971 bits per heavy atom. The number of rotatable bonds is 10. The summed E-state index contributed by atoms with van der Waals surface area (Å²) < 4.78 is 7.62. The van der Waals surface area contributed by atoms with Crippen LogP contribution in [-0.2, 0) is 6.61 Å². The monoisotopic (exact) mass is 491 g/mol. The van der Waals surface area contributed by atoms with Crippen LogP contribution in [0.25, 0.3) is 5.69 Å². The third-order valence-electron chi connectivity index (χ3n) is 5.15. The van der Waals surface area contributed by atoms with Gasteiger partial charge in [-0.25, -0.2) is 0 Å². The van der Waals surface area contributed by atoms with Gasteiger partial charge < -0.3 is 4.74 Å². The first-order chi connectivity index (χ1) is 16.9. The van der Waals surface area contributed by atoms with E-state index in [-0.39, 0.29) is 23.8 Å². The van der Waals surface area contributed by atoms with Gasteiger partial charge in [-0.1, -0.05) is 54.2 Å². The number of nitro benzene ring substituents is 1. The van der Waals surface area contributed by atoms with Gasteiger partial charge in [0, 0.05) is 22.7 Å². The molecule has 0 radical (unpaired) electrons. The van der Waals surface area contributed by atoms with Crippen molar-refractivity contribution in [1.82, 2.24) is 14.8 Å². The molecule has 4 aromatic rings. The summed E-state index contributed by atoms with van der Waals surface area (Å²) in [5.74, 6) is 1.23. The molecule has 1 heterocycles. The predicted molar refractivity (Wildman–Crippen MR) is 130 cm³/mol. The van der Waals surface area contributed by atoms with Gasteiger partial charge >= 0.3 is 0 Å². The van der Waals surface area contributed by atoms with Gasteiger partial charge in [-0.3, -0.25) is 24.8 Å². The van der Waals surface area contributed by atoms with Gasteiger partial charge in [0.1, 0.15) is 23.4 Å². The van der Waals surface area contributed by atoms with Crippen LogP contribution in [0.3, 0.4) is 0 Å². The molecule has 0 saturated carbocycles. The Morgan fingerprint density at radius 2 is 1.71 bits per heavy atom. The molecule has 35 heavy (non-hydrogen) atoms. The maximum atomic E-state index is 11.4. The highest BCUT2D eigenvalue weighted by Gasteiger charge is 2.24. The predicted octanol–water partition coefficient (Wildman–Crippen LogP) is 5.17. The number of aromatic nitrogens is 3. The Labute approximate surface area is 204 Å². The molecule has 0 aliphatic heterocycles. The van der Waals surface area contributed by atoms with Crippen LogP contribution < -0.4 is 4.74 Å². The van der Waals surface area contributed by atoms with Gasteiger partial charge in [0.15, 0.2) is 5.16 Å². The number of para-hydroxylation sites is 1. The first-order valence-electron chi connectivity index (χ1n) is 10.6. The average molecular weight is 492 g/mol. The SMILES string of the molecule is Cc1nnc(S[C@@H](C[N+](=O)[O-])c2ccc(OCc3cccc([N+](=O)[O-])c3)cc2)n1-c1ccccc1. The first-order valence-corrected chi connectivity index (χ1v) is 11.5. The van der Waals surface area contributed by atoms with Gasteiger partial charge in [-0.2, -0.15) is 0 Å². The summed E-state index contributed by atoms with van der Waals surface area (Å²) in [6.45, 7) is 1.70. The van der Waals surface area contributed by atoms with E-state index < -0.39 is 10.2 Å². The highest BCUT2D eigenvalue weighted by Crippen LogP contribution is 2.36. The maximum absolute atomic E-state index is 11.4. The second kappa shape index (κ2) is 10.8. The Morgan fingerprint density at radius 3 is 2.40 bits per heavy atom. The average Bonchev–Trinajstić information content (AvgIpc) is 3.23. The molecule has 0 spiro atoms. The molecule has 178 valence electrons. The first kappa shape index (κ1) is 23.9. The fourth-order valence-electron chi connectivity index (χ4n) is 3.47. The Kier molecular flexibility index (Phi) is 7.36. The molecule has 4 rings (SSSR count). The number of nitrogens with zero attached hydrogens (tertiary/aromatic N) is 5. The topological polar surface area (TPSA) is 126 Å². The van der Waals surface area contributed by atoms with Crippen LogP contribution in [0.15, 0.2) is 84.0 Å². The number of nitro groups is 2. The number of ether oxygens (including phenoxy) is 1. The van der Waals surface area contributed by atoms with Crippen molar-refractivity contribution in [3.8, 4) is 11.4 Å². The second-order valence-corrected chi connectivity index (χ2v) is 8.78. The summed E-state index contributed by atoms with van der Waals surface area (Å²) in [5.41, 5.74) is 2.29. The van der Waals surface area contributed by atoms with Crippen LogP contribution >= 0.6 is 11.8 Å². The van der Waals surface area contributed by atoms with E-state index in [1.807, 2.05) is 41.8 Å². The molecule has 1 aromatic heterocycles. The zero-order valence-corrected chi connectivity index (χ0v) is 19.5. The third-order valence-corrected chi connectivity index (χ3v) is 6.33. The lowest BCUT2D eigenvalue weighted by Crippen LogP contribution is -2.11. The molecule has 0 aliphatic carbocycles. The van der Waals surface area contributed by atoms with Crippen molar-refractivity contribution in [2.75, 3.05) is 6.54 Å². The summed E-state index contributed by atoms with van der Waals surface area (Å²) in [4.78, 5) is 21.6. The molecule has 10 nitrogen and oxygen atoms in total. The summed E-state index contributed by atoms with van der Waals surface area (Å²) in [5, 5.41) is 30.8. The van der Waals surface area contributed by atoms with Crippen LogP contribution in [-0.4, -0.2) is 31.2 Å².